The molecular weight excluding hydrogens is 198 g/mol. The molecule has 0 saturated carbocycles. The minimum Gasteiger partial charge on any atom is -0.330 e. The second kappa shape index (κ2) is 5.41. The van der Waals surface area contributed by atoms with Gasteiger partial charge in [0.1, 0.15) is 0 Å². The third-order valence-electron chi connectivity index (χ3n) is 3.06. The van der Waals surface area contributed by atoms with Crippen molar-refractivity contribution >= 4 is 0 Å². The molecule has 0 spiro atoms. The molecule has 0 fully saturated rings. The van der Waals surface area contributed by atoms with E-state index in [0.717, 1.165) is 6.54 Å². The molecule has 3 nitrogen and oxygen atoms in total. The quantitative estimate of drug-likeness (QED) is 0.827. The summed E-state index contributed by atoms with van der Waals surface area (Å²) in [6, 6.07) is 4.47. The highest BCUT2D eigenvalue weighted by atomic mass is 15.1. The summed E-state index contributed by atoms with van der Waals surface area (Å²) in [5, 5.41) is 0. The Bertz CT molecular complexity index is 308. The Morgan fingerprint density at radius 1 is 1.50 bits per heavy atom. The van der Waals surface area contributed by atoms with Crippen LogP contribution in [0.1, 0.15) is 32.4 Å². The molecule has 1 atom stereocenters. The fourth-order valence-electron chi connectivity index (χ4n) is 1.75. The van der Waals surface area contributed by atoms with Crippen LogP contribution in [0.2, 0.25) is 0 Å². The van der Waals surface area contributed by atoms with Crippen LogP contribution in [0.3, 0.4) is 0 Å². The van der Waals surface area contributed by atoms with Crippen LogP contribution in [0.25, 0.3) is 0 Å². The first-order chi connectivity index (χ1) is 7.46. The van der Waals surface area contributed by atoms with Gasteiger partial charge < -0.3 is 5.73 Å². The van der Waals surface area contributed by atoms with E-state index in [-0.39, 0.29) is 5.41 Å². The molecule has 0 amide bonds. The van der Waals surface area contributed by atoms with Gasteiger partial charge in [-0.15, -0.1) is 0 Å². The topological polar surface area (TPSA) is 42.2 Å². The lowest BCUT2D eigenvalue weighted by Gasteiger charge is -2.33. The highest BCUT2D eigenvalue weighted by Gasteiger charge is 2.21. The van der Waals surface area contributed by atoms with Gasteiger partial charge in [0.2, 0.25) is 0 Å². The first kappa shape index (κ1) is 13.1. The molecule has 0 aliphatic rings. The fourth-order valence-corrected chi connectivity index (χ4v) is 1.75. The van der Waals surface area contributed by atoms with Gasteiger partial charge in [0.25, 0.3) is 0 Å². The highest BCUT2D eigenvalue weighted by Crippen LogP contribution is 2.22. The summed E-state index contributed by atoms with van der Waals surface area (Å²) in [6.07, 6.45) is 3.73. The van der Waals surface area contributed by atoms with E-state index < -0.39 is 0 Å². The Hall–Kier alpha value is -0.930. The second-order valence-corrected chi connectivity index (χ2v) is 5.25. The second-order valence-electron chi connectivity index (χ2n) is 5.25. The SMILES string of the molecule is CC(c1cccnc1)N(C)CC(C)(C)CN. The summed E-state index contributed by atoms with van der Waals surface area (Å²) in [6.45, 7) is 8.28. The average molecular weight is 221 g/mol. The van der Waals surface area contributed by atoms with Gasteiger partial charge in [-0.25, -0.2) is 0 Å². The van der Waals surface area contributed by atoms with Crippen LogP contribution in [0.15, 0.2) is 24.5 Å². The van der Waals surface area contributed by atoms with Gasteiger partial charge in [0, 0.05) is 25.0 Å². The monoisotopic (exact) mass is 221 g/mol. The van der Waals surface area contributed by atoms with E-state index in [1.165, 1.54) is 5.56 Å². The normalized spacial score (nSPS) is 14.1. The van der Waals surface area contributed by atoms with Gasteiger partial charge in [0.15, 0.2) is 0 Å². The number of aromatic nitrogens is 1. The molecule has 0 saturated heterocycles. The van der Waals surface area contributed by atoms with Crippen molar-refractivity contribution in [2.24, 2.45) is 11.1 Å². The van der Waals surface area contributed by atoms with Crippen LogP contribution in [-0.4, -0.2) is 30.0 Å². The van der Waals surface area contributed by atoms with E-state index in [1.807, 2.05) is 12.3 Å². The number of hydrogen-bond donors (Lipinski definition) is 1. The van der Waals surface area contributed by atoms with Gasteiger partial charge in [-0.1, -0.05) is 19.9 Å². The molecule has 0 radical (unpaired) electrons. The van der Waals surface area contributed by atoms with Crippen molar-refractivity contribution in [3.8, 4) is 0 Å². The molecule has 0 aromatic carbocycles. The van der Waals surface area contributed by atoms with Crippen LogP contribution >= 0.6 is 0 Å². The summed E-state index contributed by atoms with van der Waals surface area (Å²) < 4.78 is 0. The molecule has 1 aromatic rings. The molecule has 3 heteroatoms. The number of nitrogens with two attached hydrogens (primary N) is 1. The van der Waals surface area contributed by atoms with Gasteiger partial charge in [0.05, 0.1) is 0 Å². The smallest absolute Gasteiger partial charge is 0.0332 e. The maximum absolute atomic E-state index is 5.75. The van der Waals surface area contributed by atoms with Crippen molar-refractivity contribution < 1.29 is 0 Å². The molecule has 1 unspecified atom stereocenters. The van der Waals surface area contributed by atoms with Crippen LogP contribution in [0.5, 0.6) is 0 Å². The molecule has 2 N–H and O–H groups in total. The Morgan fingerprint density at radius 3 is 2.69 bits per heavy atom. The molecular formula is C13H23N3. The maximum Gasteiger partial charge on any atom is 0.0332 e. The molecule has 1 heterocycles. The molecule has 0 bridgehead atoms. The first-order valence-electron chi connectivity index (χ1n) is 5.76. The van der Waals surface area contributed by atoms with E-state index in [2.05, 4.69) is 43.8 Å². The largest absolute Gasteiger partial charge is 0.330 e. The highest BCUT2D eigenvalue weighted by molar-refractivity contribution is 5.12. The fraction of sp³-hybridized carbons (Fsp3) is 0.615. The zero-order chi connectivity index (χ0) is 12.2. The van der Waals surface area contributed by atoms with Crippen molar-refractivity contribution in [2.45, 2.75) is 26.8 Å². The number of pyridine rings is 1. The van der Waals surface area contributed by atoms with Crippen molar-refractivity contribution in [3.63, 3.8) is 0 Å². The number of hydrogen-bond acceptors (Lipinski definition) is 3. The van der Waals surface area contributed by atoms with Crippen molar-refractivity contribution in [2.75, 3.05) is 20.1 Å². The van der Waals surface area contributed by atoms with Crippen molar-refractivity contribution in [1.29, 1.82) is 0 Å². The Kier molecular flexibility index (Phi) is 4.44. The predicted molar refractivity (Wildman–Crippen MR) is 68.1 cm³/mol. The van der Waals surface area contributed by atoms with Gasteiger partial charge in [-0.2, -0.15) is 0 Å². The van der Waals surface area contributed by atoms with Crippen molar-refractivity contribution in [1.82, 2.24) is 9.88 Å². The van der Waals surface area contributed by atoms with E-state index in [9.17, 15) is 0 Å². The predicted octanol–water partition coefficient (Wildman–Crippen LogP) is 2.06. The van der Waals surface area contributed by atoms with Gasteiger partial charge in [-0.3, -0.25) is 9.88 Å². The van der Waals surface area contributed by atoms with Crippen LogP contribution in [0, 0.1) is 5.41 Å². The van der Waals surface area contributed by atoms with E-state index in [1.54, 1.807) is 6.20 Å². The third-order valence-corrected chi connectivity index (χ3v) is 3.06. The summed E-state index contributed by atoms with van der Waals surface area (Å²) in [5.41, 5.74) is 7.16. The minimum atomic E-state index is 0.158. The van der Waals surface area contributed by atoms with Crippen LogP contribution in [0.4, 0.5) is 0 Å². The standard InChI is InChI=1S/C13H23N3/c1-11(12-6-5-7-15-8-12)16(4)10-13(2,3)9-14/h5-8,11H,9-10,14H2,1-4H3. The molecule has 1 rings (SSSR count). The summed E-state index contributed by atoms with van der Waals surface area (Å²) in [4.78, 5) is 6.48. The lowest BCUT2D eigenvalue weighted by Crippen LogP contribution is -2.37. The van der Waals surface area contributed by atoms with Gasteiger partial charge in [-0.05, 0) is 37.6 Å². The first-order valence-corrected chi connectivity index (χ1v) is 5.76. The molecule has 0 aliphatic carbocycles. The molecule has 0 aliphatic heterocycles. The molecule has 90 valence electrons. The Morgan fingerprint density at radius 2 is 2.19 bits per heavy atom. The van der Waals surface area contributed by atoms with Crippen LogP contribution < -0.4 is 5.73 Å². The molecule has 1 aromatic heterocycles. The lowest BCUT2D eigenvalue weighted by molar-refractivity contribution is 0.174. The summed E-state index contributed by atoms with van der Waals surface area (Å²) in [5.74, 6) is 0. The lowest BCUT2D eigenvalue weighted by atomic mass is 9.92. The summed E-state index contributed by atoms with van der Waals surface area (Å²) >= 11 is 0. The Labute approximate surface area is 98.7 Å². The average Bonchev–Trinajstić information content (AvgIpc) is 2.28. The number of nitrogens with zero attached hydrogens (tertiary/aromatic N) is 2. The van der Waals surface area contributed by atoms with E-state index in [0.29, 0.717) is 12.6 Å². The third kappa shape index (κ3) is 3.58. The van der Waals surface area contributed by atoms with Crippen molar-refractivity contribution in [3.05, 3.63) is 30.1 Å². The van der Waals surface area contributed by atoms with E-state index in [4.69, 9.17) is 5.73 Å². The van der Waals surface area contributed by atoms with E-state index >= 15 is 0 Å². The zero-order valence-corrected chi connectivity index (χ0v) is 10.8. The summed E-state index contributed by atoms with van der Waals surface area (Å²) in [7, 11) is 2.13. The van der Waals surface area contributed by atoms with Crippen LogP contribution in [-0.2, 0) is 0 Å². The number of rotatable bonds is 5. The zero-order valence-electron chi connectivity index (χ0n) is 10.8. The Balaban J connectivity index is 2.65. The maximum atomic E-state index is 5.75. The molecule has 16 heavy (non-hydrogen) atoms. The van der Waals surface area contributed by atoms with Gasteiger partial charge >= 0.3 is 0 Å². The minimum absolute atomic E-state index is 0.158.